The van der Waals surface area contributed by atoms with Gasteiger partial charge in [0.05, 0.1) is 12.0 Å². The fourth-order valence-electron chi connectivity index (χ4n) is 0.975. The zero-order valence-electron chi connectivity index (χ0n) is 8.56. The molecule has 15 heavy (non-hydrogen) atoms. The summed E-state index contributed by atoms with van der Waals surface area (Å²) in [6.45, 7) is -0.0473. The second kappa shape index (κ2) is 5.11. The molecule has 0 bridgehead atoms. The zero-order valence-corrected chi connectivity index (χ0v) is 9.37. The van der Waals surface area contributed by atoms with E-state index in [1.54, 1.807) is 12.1 Å². The lowest BCUT2D eigenvalue weighted by Gasteiger charge is -2.06. The summed E-state index contributed by atoms with van der Waals surface area (Å²) in [5.74, 6) is 0.612. The number of methoxy groups -OCH3 is 2. The summed E-state index contributed by atoms with van der Waals surface area (Å²) in [5, 5.41) is 0. The van der Waals surface area contributed by atoms with E-state index in [2.05, 4.69) is 9.46 Å². The Bertz CT molecular complexity index is 399. The fraction of sp³-hybridized carbons (Fsp3) is 0.333. The second-order valence-electron chi connectivity index (χ2n) is 2.76. The van der Waals surface area contributed by atoms with E-state index in [-0.39, 0.29) is 11.6 Å². The molecule has 0 radical (unpaired) electrons. The Morgan fingerprint density at radius 2 is 1.80 bits per heavy atom. The normalized spacial score (nSPS) is 11.3. The summed E-state index contributed by atoms with van der Waals surface area (Å²) in [7, 11) is -0.544. The molecule has 0 amide bonds. The third-order valence-electron chi connectivity index (χ3n) is 1.76. The van der Waals surface area contributed by atoms with Crippen molar-refractivity contribution in [3.8, 4) is 5.75 Å². The summed E-state index contributed by atoms with van der Waals surface area (Å²) < 4.78 is 34.9. The van der Waals surface area contributed by atoms with Crippen LogP contribution in [0.5, 0.6) is 5.75 Å². The van der Waals surface area contributed by atoms with Crippen molar-refractivity contribution in [1.29, 1.82) is 0 Å². The zero-order chi connectivity index (χ0) is 11.3. The number of ether oxygens (including phenoxy) is 2. The molecular weight excluding hydrogens is 218 g/mol. The van der Waals surface area contributed by atoms with Gasteiger partial charge in [-0.05, 0) is 24.3 Å². The lowest BCUT2D eigenvalue weighted by atomic mass is 10.3. The van der Waals surface area contributed by atoms with Crippen LogP contribution in [-0.4, -0.2) is 29.4 Å². The summed E-state index contributed by atoms with van der Waals surface area (Å²) in [5.41, 5.74) is 0. The van der Waals surface area contributed by atoms with E-state index < -0.39 is 10.0 Å². The van der Waals surface area contributed by atoms with Crippen LogP contribution in [0.25, 0.3) is 0 Å². The minimum absolute atomic E-state index is 0.0473. The molecule has 0 aliphatic rings. The molecule has 0 saturated heterocycles. The first-order chi connectivity index (χ1) is 7.10. The van der Waals surface area contributed by atoms with Crippen molar-refractivity contribution in [3.05, 3.63) is 24.3 Å². The Morgan fingerprint density at radius 3 is 2.27 bits per heavy atom. The first kappa shape index (κ1) is 12.0. The monoisotopic (exact) mass is 231 g/mol. The SMILES string of the molecule is COCNS(=O)(=O)c1ccc(OC)cc1. The summed E-state index contributed by atoms with van der Waals surface area (Å²) in [6.07, 6.45) is 0. The average molecular weight is 231 g/mol. The van der Waals surface area contributed by atoms with Crippen LogP contribution in [0.4, 0.5) is 0 Å². The largest absolute Gasteiger partial charge is 0.497 e. The van der Waals surface area contributed by atoms with E-state index in [0.717, 1.165) is 0 Å². The molecule has 1 aromatic rings. The molecule has 0 atom stereocenters. The Balaban J connectivity index is 2.86. The van der Waals surface area contributed by atoms with Crippen LogP contribution < -0.4 is 9.46 Å². The number of hydrogen-bond acceptors (Lipinski definition) is 4. The molecule has 0 aliphatic heterocycles. The van der Waals surface area contributed by atoms with Crippen molar-refractivity contribution < 1.29 is 17.9 Å². The first-order valence-corrected chi connectivity index (χ1v) is 5.71. The van der Waals surface area contributed by atoms with Crippen LogP contribution in [0.1, 0.15) is 0 Å². The molecule has 0 aliphatic carbocycles. The molecule has 5 nitrogen and oxygen atoms in total. The van der Waals surface area contributed by atoms with E-state index in [1.165, 1.54) is 26.4 Å². The van der Waals surface area contributed by atoms with Gasteiger partial charge in [-0.2, -0.15) is 4.72 Å². The summed E-state index contributed by atoms with van der Waals surface area (Å²) in [6, 6.07) is 6.11. The second-order valence-corrected chi connectivity index (χ2v) is 4.52. The van der Waals surface area contributed by atoms with Gasteiger partial charge >= 0.3 is 0 Å². The van der Waals surface area contributed by atoms with Gasteiger partial charge in [-0.25, -0.2) is 8.42 Å². The standard InChI is InChI=1S/C9H13NO4S/c1-13-7-10-15(11,12)9-5-3-8(14-2)4-6-9/h3-6,10H,7H2,1-2H3. The maximum atomic E-state index is 11.6. The minimum atomic E-state index is -3.48. The predicted molar refractivity (Wildman–Crippen MR) is 55.2 cm³/mol. The van der Waals surface area contributed by atoms with Gasteiger partial charge in [0, 0.05) is 7.11 Å². The molecule has 0 aromatic heterocycles. The Hall–Kier alpha value is -1.11. The van der Waals surface area contributed by atoms with Crippen LogP contribution in [0.2, 0.25) is 0 Å². The Morgan fingerprint density at radius 1 is 1.20 bits per heavy atom. The van der Waals surface area contributed by atoms with Gasteiger partial charge in [0.15, 0.2) is 0 Å². The minimum Gasteiger partial charge on any atom is -0.497 e. The van der Waals surface area contributed by atoms with Gasteiger partial charge in [-0.1, -0.05) is 0 Å². The average Bonchev–Trinajstić information content (AvgIpc) is 2.26. The third-order valence-corrected chi connectivity index (χ3v) is 3.15. The number of benzene rings is 1. The molecule has 6 heteroatoms. The molecule has 84 valence electrons. The van der Waals surface area contributed by atoms with Crippen LogP contribution in [0.15, 0.2) is 29.2 Å². The van der Waals surface area contributed by atoms with Gasteiger partial charge in [-0.15, -0.1) is 0 Å². The number of hydrogen-bond donors (Lipinski definition) is 1. The van der Waals surface area contributed by atoms with Crippen molar-refractivity contribution in [3.63, 3.8) is 0 Å². The van der Waals surface area contributed by atoms with Crippen molar-refractivity contribution >= 4 is 10.0 Å². The van der Waals surface area contributed by atoms with Crippen LogP contribution >= 0.6 is 0 Å². The van der Waals surface area contributed by atoms with Crippen molar-refractivity contribution in [2.24, 2.45) is 0 Å². The summed E-state index contributed by atoms with van der Waals surface area (Å²) in [4.78, 5) is 0.181. The Labute approximate surface area is 89.1 Å². The van der Waals surface area contributed by atoms with Gasteiger partial charge < -0.3 is 9.47 Å². The number of sulfonamides is 1. The Kier molecular flexibility index (Phi) is 4.07. The molecule has 0 unspecified atom stereocenters. The molecule has 0 fully saturated rings. The maximum absolute atomic E-state index is 11.6. The molecule has 0 saturated carbocycles. The van der Waals surface area contributed by atoms with E-state index in [1.807, 2.05) is 0 Å². The lowest BCUT2D eigenvalue weighted by molar-refractivity contribution is 0.194. The van der Waals surface area contributed by atoms with Gasteiger partial charge in [0.1, 0.15) is 12.5 Å². The highest BCUT2D eigenvalue weighted by molar-refractivity contribution is 7.89. The van der Waals surface area contributed by atoms with E-state index in [4.69, 9.17) is 4.74 Å². The maximum Gasteiger partial charge on any atom is 0.242 e. The third kappa shape index (κ3) is 3.19. The van der Waals surface area contributed by atoms with Gasteiger partial charge in [0.25, 0.3) is 0 Å². The number of nitrogens with one attached hydrogen (secondary N) is 1. The van der Waals surface area contributed by atoms with E-state index >= 15 is 0 Å². The topological polar surface area (TPSA) is 64.6 Å². The highest BCUT2D eigenvalue weighted by Gasteiger charge is 2.12. The molecule has 0 spiro atoms. The number of rotatable bonds is 5. The smallest absolute Gasteiger partial charge is 0.242 e. The van der Waals surface area contributed by atoms with E-state index in [0.29, 0.717) is 5.75 Å². The summed E-state index contributed by atoms with van der Waals surface area (Å²) >= 11 is 0. The molecule has 0 heterocycles. The predicted octanol–water partition coefficient (Wildman–Crippen LogP) is 0.577. The van der Waals surface area contributed by atoms with Crippen LogP contribution in [0.3, 0.4) is 0 Å². The van der Waals surface area contributed by atoms with Crippen LogP contribution in [0, 0.1) is 0 Å². The fourth-order valence-corrected chi connectivity index (χ4v) is 1.91. The first-order valence-electron chi connectivity index (χ1n) is 4.23. The molecule has 1 aromatic carbocycles. The molecular formula is C9H13NO4S. The highest BCUT2D eigenvalue weighted by Crippen LogP contribution is 2.14. The van der Waals surface area contributed by atoms with Crippen molar-refractivity contribution in [2.75, 3.05) is 21.0 Å². The quantitative estimate of drug-likeness (QED) is 0.753. The van der Waals surface area contributed by atoms with Crippen molar-refractivity contribution in [2.45, 2.75) is 4.90 Å². The van der Waals surface area contributed by atoms with E-state index in [9.17, 15) is 8.42 Å². The highest BCUT2D eigenvalue weighted by atomic mass is 32.2. The van der Waals surface area contributed by atoms with Crippen LogP contribution in [-0.2, 0) is 14.8 Å². The molecule has 1 N–H and O–H groups in total. The molecule has 1 rings (SSSR count). The van der Waals surface area contributed by atoms with Gasteiger partial charge in [0.2, 0.25) is 10.0 Å². The lowest BCUT2D eigenvalue weighted by Crippen LogP contribution is -2.25. The van der Waals surface area contributed by atoms with Gasteiger partial charge in [-0.3, -0.25) is 0 Å². The van der Waals surface area contributed by atoms with Crippen molar-refractivity contribution in [1.82, 2.24) is 4.72 Å².